The Kier molecular flexibility index (Phi) is 8.28. The van der Waals surface area contributed by atoms with Gasteiger partial charge >= 0.3 is 29.8 Å². The number of hydrogen-bond acceptors (Lipinski definition) is 8. The summed E-state index contributed by atoms with van der Waals surface area (Å²) in [6, 6.07) is 6.05. The second-order valence-electron chi connectivity index (χ2n) is 7.24. The van der Waals surface area contributed by atoms with Gasteiger partial charge in [0.15, 0.2) is 0 Å². The van der Waals surface area contributed by atoms with E-state index in [-0.39, 0.29) is 34.6 Å². The van der Waals surface area contributed by atoms with E-state index in [1.807, 2.05) is 0 Å². The van der Waals surface area contributed by atoms with Crippen molar-refractivity contribution in [3.05, 3.63) is 71.3 Å². The topological polar surface area (TPSA) is 154 Å². The van der Waals surface area contributed by atoms with Gasteiger partial charge in [0.2, 0.25) is 0 Å². The Morgan fingerprint density at radius 1 is 0.800 bits per heavy atom. The summed E-state index contributed by atoms with van der Waals surface area (Å²) < 4.78 is 15.2. The first kappa shape index (κ1) is 26.5. The molecule has 0 saturated carbocycles. The number of carbonyl (C=O) groups is 5. The Hall–Kier alpha value is -4.73. The Balaban J connectivity index is 2.80. The lowest BCUT2D eigenvalue weighted by Crippen LogP contribution is -2.17. The van der Waals surface area contributed by atoms with Crippen molar-refractivity contribution in [1.29, 1.82) is 0 Å². The first-order chi connectivity index (χ1) is 16.4. The predicted octanol–water partition coefficient (Wildman–Crippen LogP) is 3.89. The van der Waals surface area contributed by atoms with Crippen molar-refractivity contribution in [1.82, 2.24) is 0 Å². The standard InChI is InChI=1S/C25H22O10/c1-6-33-25(32)19-15(8-10-18(20(19)22(28)29)35-24(31)13(4)5)14-7-9-17(16(11-14)21(26)27)34-23(30)12(2)3/h7-11H,2,4,6H2,1,3,5H3,(H,26,27)(H,28,29). The maximum Gasteiger partial charge on any atom is 0.340 e. The monoisotopic (exact) mass is 482 g/mol. The molecule has 182 valence electrons. The van der Waals surface area contributed by atoms with Crippen molar-refractivity contribution in [2.24, 2.45) is 0 Å². The highest BCUT2D eigenvalue weighted by Crippen LogP contribution is 2.35. The van der Waals surface area contributed by atoms with Gasteiger partial charge in [-0.2, -0.15) is 0 Å². The molecule has 35 heavy (non-hydrogen) atoms. The molecule has 2 N–H and O–H groups in total. The van der Waals surface area contributed by atoms with Gasteiger partial charge in [-0.25, -0.2) is 24.0 Å². The molecule has 0 spiro atoms. The molecule has 0 fully saturated rings. The quantitative estimate of drug-likeness (QED) is 0.306. The molecule has 0 saturated heterocycles. The predicted molar refractivity (Wildman–Crippen MR) is 123 cm³/mol. The summed E-state index contributed by atoms with van der Waals surface area (Å²) in [5.74, 6) is -6.54. The molecule has 10 heteroatoms. The second-order valence-corrected chi connectivity index (χ2v) is 7.24. The van der Waals surface area contributed by atoms with Crippen molar-refractivity contribution >= 4 is 29.8 Å². The third kappa shape index (κ3) is 5.99. The molecule has 2 rings (SSSR count). The molecule has 0 aliphatic rings. The summed E-state index contributed by atoms with van der Waals surface area (Å²) >= 11 is 0. The van der Waals surface area contributed by atoms with E-state index in [1.165, 1.54) is 39.0 Å². The van der Waals surface area contributed by atoms with Gasteiger partial charge < -0.3 is 24.4 Å². The summed E-state index contributed by atoms with van der Waals surface area (Å²) in [4.78, 5) is 60.6. The molecule has 0 amide bonds. The summed E-state index contributed by atoms with van der Waals surface area (Å²) in [7, 11) is 0. The van der Waals surface area contributed by atoms with Crippen LogP contribution in [-0.2, 0) is 14.3 Å². The maximum absolute atomic E-state index is 12.8. The van der Waals surface area contributed by atoms with Gasteiger partial charge in [-0.15, -0.1) is 0 Å². The number of carboxylic acids is 2. The van der Waals surface area contributed by atoms with Crippen molar-refractivity contribution in [3.63, 3.8) is 0 Å². The SMILES string of the molecule is C=C(C)C(=O)Oc1ccc(-c2ccc(OC(=O)C(=C)C)c(C(=O)O)c2C(=O)OCC)cc1C(=O)O. The van der Waals surface area contributed by atoms with Crippen molar-refractivity contribution in [3.8, 4) is 22.6 Å². The third-order valence-electron chi connectivity index (χ3n) is 4.48. The minimum absolute atomic E-state index is 0.00547. The van der Waals surface area contributed by atoms with E-state index >= 15 is 0 Å². The Labute approximate surface area is 200 Å². The number of rotatable bonds is 9. The van der Waals surface area contributed by atoms with Gasteiger partial charge in [-0.1, -0.05) is 19.2 Å². The molecule has 0 aliphatic carbocycles. The van der Waals surface area contributed by atoms with Gasteiger partial charge in [0.25, 0.3) is 0 Å². The van der Waals surface area contributed by atoms with Crippen LogP contribution >= 0.6 is 0 Å². The summed E-state index contributed by atoms with van der Waals surface area (Å²) in [6.45, 7) is 11.0. The van der Waals surface area contributed by atoms with Crippen LogP contribution in [0.1, 0.15) is 51.8 Å². The minimum atomic E-state index is -1.59. The number of benzene rings is 2. The summed E-state index contributed by atoms with van der Waals surface area (Å²) in [6.07, 6.45) is 0. The molecule has 0 aliphatic heterocycles. The first-order valence-electron chi connectivity index (χ1n) is 10.1. The number of aromatic carboxylic acids is 2. The molecule has 0 atom stereocenters. The van der Waals surface area contributed by atoms with Crippen LogP contribution in [0.15, 0.2) is 54.6 Å². The van der Waals surface area contributed by atoms with Gasteiger partial charge in [0.05, 0.1) is 12.2 Å². The number of hydrogen-bond donors (Lipinski definition) is 2. The number of ether oxygens (including phenoxy) is 3. The maximum atomic E-state index is 12.8. The Morgan fingerprint density at radius 2 is 1.34 bits per heavy atom. The Morgan fingerprint density at radius 3 is 1.83 bits per heavy atom. The van der Waals surface area contributed by atoms with Gasteiger partial charge in [0, 0.05) is 11.1 Å². The fourth-order valence-corrected chi connectivity index (χ4v) is 2.86. The van der Waals surface area contributed by atoms with E-state index in [0.717, 1.165) is 12.1 Å². The van der Waals surface area contributed by atoms with E-state index in [9.17, 15) is 34.2 Å². The highest BCUT2D eigenvalue weighted by atomic mass is 16.5. The summed E-state index contributed by atoms with van der Waals surface area (Å²) in [5.41, 5.74) is -1.44. The van der Waals surface area contributed by atoms with Crippen LogP contribution in [0.25, 0.3) is 11.1 Å². The van der Waals surface area contributed by atoms with Crippen LogP contribution in [0.2, 0.25) is 0 Å². The molecule has 0 heterocycles. The van der Waals surface area contributed by atoms with Crippen LogP contribution < -0.4 is 9.47 Å². The smallest absolute Gasteiger partial charge is 0.340 e. The highest BCUT2D eigenvalue weighted by molar-refractivity contribution is 6.10. The molecular formula is C25H22O10. The zero-order valence-electron chi connectivity index (χ0n) is 19.2. The van der Waals surface area contributed by atoms with E-state index in [0.29, 0.717) is 0 Å². The molecule has 0 bridgehead atoms. The van der Waals surface area contributed by atoms with Crippen LogP contribution in [0.5, 0.6) is 11.5 Å². The number of esters is 3. The van der Waals surface area contributed by atoms with E-state index < -0.39 is 52.3 Å². The lowest BCUT2D eigenvalue weighted by molar-refractivity contribution is -0.131. The molecule has 0 aromatic heterocycles. The molecular weight excluding hydrogens is 460 g/mol. The van der Waals surface area contributed by atoms with Crippen LogP contribution in [0.4, 0.5) is 0 Å². The average molecular weight is 482 g/mol. The van der Waals surface area contributed by atoms with Crippen molar-refractivity contribution < 1.29 is 48.4 Å². The molecule has 2 aromatic rings. The largest absolute Gasteiger partial charge is 0.478 e. The van der Waals surface area contributed by atoms with Crippen LogP contribution in [0, 0.1) is 0 Å². The molecule has 0 unspecified atom stereocenters. The molecule has 0 radical (unpaired) electrons. The van der Waals surface area contributed by atoms with E-state index in [1.54, 1.807) is 0 Å². The number of carbonyl (C=O) groups excluding carboxylic acids is 3. The average Bonchev–Trinajstić information content (AvgIpc) is 2.78. The van der Waals surface area contributed by atoms with Crippen LogP contribution in [0.3, 0.4) is 0 Å². The van der Waals surface area contributed by atoms with Crippen LogP contribution in [-0.4, -0.2) is 46.7 Å². The minimum Gasteiger partial charge on any atom is -0.478 e. The van der Waals surface area contributed by atoms with Gasteiger partial charge in [0.1, 0.15) is 22.6 Å². The van der Waals surface area contributed by atoms with Gasteiger partial charge in [-0.05, 0) is 56.2 Å². The number of carboxylic acid groups (broad SMARTS) is 2. The zero-order chi connectivity index (χ0) is 26.4. The summed E-state index contributed by atoms with van der Waals surface area (Å²) in [5, 5.41) is 19.5. The normalized spacial score (nSPS) is 10.1. The Bertz CT molecular complexity index is 1270. The lowest BCUT2D eigenvalue weighted by atomic mass is 9.93. The lowest BCUT2D eigenvalue weighted by Gasteiger charge is -2.16. The second kappa shape index (κ2) is 10.9. The highest BCUT2D eigenvalue weighted by Gasteiger charge is 2.29. The van der Waals surface area contributed by atoms with E-state index in [2.05, 4.69) is 13.2 Å². The van der Waals surface area contributed by atoms with Crippen molar-refractivity contribution in [2.75, 3.05) is 6.61 Å². The molecule has 2 aromatic carbocycles. The van der Waals surface area contributed by atoms with Crippen molar-refractivity contribution in [2.45, 2.75) is 20.8 Å². The third-order valence-corrected chi connectivity index (χ3v) is 4.48. The fourth-order valence-electron chi connectivity index (χ4n) is 2.86. The molecule has 10 nitrogen and oxygen atoms in total. The van der Waals surface area contributed by atoms with Gasteiger partial charge in [-0.3, -0.25) is 0 Å². The zero-order valence-corrected chi connectivity index (χ0v) is 19.2. The first-order valence-corrected chi connectivity index (χ1v) is 10.1. The van der Waals surface area contributed by atoms with E-state index in [4.69, 9.17) is 14.2 Å². The fraction of sp³-hybridized carbons (Fsp3) is 0.160.